The predicted octanol–water partition coefficient (Wildman–Crippen LogP) is 2.71. The quantitative estimate of drug-likeness (QED) is 0.117. The summed E-state index contributed by atoms with van der Waals surface area (Å²) in [5.74, 6) is -2.00. The van der Waals surface area contributed by atoms with Crippen LogP contribution in [0.25, 0.3) is 21.0 Å². The van der Waals surface area contributed by atoms with Gasteiger partial charge in [0.2, 0.25) is 23.6 Å². The van der Waals surface area contributed by atoms with E-state index in [1.807, 2.05) is 90.4 Å². The first-order valence-electron chi connectivity index (χ1n) is 15.3. The lowest BCUT2D eigenvalue weighted by Crippen LogP contribution is -2.60. The highest BCUT2D eigenvalue weighted by Gasteiger charge is 2.33. The second-order valence-electron chi connectivity index (χ2n) is 11.6. The zero-order valence-corrected chi connectivity index (χ0v) is 25.9. The van der Waals surface area contributed by atoms with Crippen molar-refractivity contribution in [1.29, 1.82) is 0 Å². The Morgan fingerprint density at radius 3 is 2.11 bits per heavy atom. The van der Waals surface area contributed by atoms with Gasteiger partial charge in [-0.2, -0.15) is 0 Å². The smallest absolute Gasteiger partial charge is 0.243 e. The average molecular weight is 637 g/mol. The highest BCUT2D eigenvalue weighted by atomic mass is 32.1. The van der Waals surface area contributed by atoms with Gasteiger partial charge in [0, 0.05) is 41.1 Å². The van der Waals surface area contributed by atoms with E-state index in [0.29, 0.717) is 6.42 Å². The molecule has 2 aromatic heterocycles. The van der Waals surface area contributed by atoms with Crippen molar-refractivity contribution < 1.29 is 19.2 Å². The van der Waals surface area contributed by atoms with Crippen LogP contribution in [-0.2, 0) is 38.4 Å². The lowest BCUT2D eigenvalue weighted by atomic mass is 10.00. The van der Waals surface area contributed by atoms with Crippen LogP contribution >= 0.6 is 11.3 Å². The van der Waals surface area contributed by atoms with Crippen molar-refractivity contribution in [3.63, 3.8) is 0 Å². The molecule has 0 aliphatic carbocycles. The molecule has 1 aliphatic rings. The van der Waals surface area contributed by atoms with E-state index in [9.17, 15) is 19.2 Å². The van der Waals surface area contributed by atoms with E-state index in [2.05, 4.69) is 26.3 Å². The van der Waals surface area contributed by atoms with Gasteiger partial charge in [-0.05, 0) is 52.6 Å². The number of benzene rings is 3. The highest BCUT2D eigenvalue weighted by Crippen LogP contribution is 2.27. The molecule has 4 amide bonds. The number of fused-ring (bicyclic) bond motifs is 2. The fourth-order valence-electron chi connectivity index (χ4n) is 5.75. The Labute approximate surface area is 270 Å². The second kappa shape index (κ2) is 14.0. The summed E-state index contributed by atoms with van der Waals surface area (Å²) in [5.41, 5.74) is 9.19. The van der Waals surface area contributed by atoms with Gasteiger partial charge in [-0.1, -0.05) is 66.7 Å². The normalized spacial score (nSPS) is 16.2. The molecule has 10 nitrogen and oxygen atoms in total. The number of aromatic amines is 1. The minimum absolute atomic E-state index is 0.143. The maximum atomic E-state index is 14.1. The number of carbonyl (C=O) groups is 4. The number of amides is 4. The fourth-order valence-corrected chi connectivity index (χ4v) is 6.73. The zero-order chi connectivity index (χ0) is 32.0. The molecule has 236 valence electrons. The van der Waals surface area contributed by atoms with Crippen molar-refractivity contribution in [2.45, 2.75) is 49.9 Å². The summed E-state index contributed by atoms with van der Waals surface area (Å²) >= 11 is 1.57. The van der Waals surface area contributed by atoms with Gasteiger partial charge >= 0.3 is 0 Å². The van der Waals surface area contributed by atoms with Crippen LogP contribution in [0.4, 0.5) is 0 Å². The molecule has 0 saturated carbocycles. The molecule has 3 aromatic carbocycles. The van der Waals surface area contributed by atoms with Gasteiger partial charge in [-0.25, -0.2) is 0 Å². The van der Waals surface area contributed by atoms with E-state index in [4.69, 9.17) is 5.73 Å². The van der Waals surface area contributed by atoms with E-state index >= 15 is 0 Å². The molecule has 0 unspecified atom stereocenters. The number of nitrogens with one attached hydrogen (secondary N) is 5. The Morgan fingerprint density at radius 1 is 0.761 bits per heavy atom. The Hall–Kier alpha value is -5.00. The number of primary amides is 1. The average Bonchev–Trinajstić information content (AvgIpc) is 3.63. The van der Waals surface area contributed by atoms with E-state index in [1.54, 1.807) is 11.3 Å². The van der Waals surface area contributed by atoms with Gasteiger partial charge in [0.1, 0.15) is 18.1 Å². The molecule has 7 N–H and O–H groups in total. The van der Waals surface area contributed by atoms with Crippen LogP contribution in [0, 0.1) is 0 Å². The first-order valence-corrected chi connectivity index (χ1v) is 16.2. The molecule has 6 rings (SSSR count). The molecule has 4 atom stereocenters. The summed E-state index contributed by atoms with van der Waals surface area (Å²) in [4.78, 5) is 56.7. The number of para-hydroxylation sites is 1. The van der Waals surface area contributed by atoms with E-state index in [1.165, 1.54) is 0 Å². The van der Waals surface area contributed by atoms with Crippen LogP contribution in [0.1, 0.15) is 23.1 Å². The number of nitrogens with two attached hydrogens (primary N) is 1. The number of carbonyl (C=O) groups excluding carboxylic acids is 4. The summed E-state index contributed by atoms with van der Waals surface area (Å²) in [6.07, 6.45) is 3.08. The molecular weight excluding hydrogens is 600 g/mol. The summed E-state index contributed by atoms with van der Waals surface area (Å²) in [5, 5.41) is 15.6. The van der Waals surface area contributed by atoms with E-state index in [-0.39, 0.29) is 31.2 Å². The molecule has 1 fully saturated rings. The zero-order valence-electron chi connectivity index (χ0n) is 25.1. The molecule has 1 aliphatic heterocycles. The number of aromatic nitrogens is 1. The molecule has 0 spiro atoms. The molecule has 11 heteroatoms. The van der Waals surface area contributed by atoms with Crippen LogP contribution in [0.5, 0.6) is 0 Å². The van der Waals surface area contributed by atoms with Crippen LogP contribution in [0.3, 0.4) is 0 Å². The molecule has 3 heterocycles. The molecule has 0 radical (unpaired) electrons. The number of H-pyrrole nitrogens is 1. The van der Waals surface area contributed by atoms with E-state index in [0.717, 1.165) is 44.2 Å². The molecule has 1 saturated heterocycles. The third kappa shape index (κ3) is 7.11. The van der Waals surface area contributed by atoms with Gasteiger partial charge in [-0.15, -0.1) is 11.3 Å². The van der Waals surface area contributed by atoms with Crippen LogP contribution < -0.4 is 27.0 Å². The first-order chi connectivity index (χ1) is 22.4. The molecule has 46 heavy (non-hydrogen) atoms. The second-order valence-corrected chi connectivity index (χ2v) is 12.5. The number of rotatable bonds is 13. The van der Waals surface area contributed by atoms with Crippen LogP contribution in [-0.4, -0.2) is 59.3 Å². The van der Waals surface area contributed by atoms with E-state index < -0.39 is 35.8 Å². The number of thiophene rings is 1. The molecule has 0 bridgehead atoms. The monoisotopic (exact) mass is 636 g/mol. The SMILES string of the molecule is NC(=O)[C@H](Cc1ccccc1)NC(=O)[C@@H](Cc1c[nH]c2ccccc12)NC(=O)[C@@H](Cc1csc2ccccc12)NC(=O)[C@H]1CCN1. The maximum absolute atomic E-state index is 14.1. The Balaban J connectivity index is 1.27. The van der Waals surface area contributed by atoms with Crippen molar-refractivity contribution in [3.8, 4) is 0 Å². The fraction of sp³-hybridized carbons (Fsp3) is 0.257. The minimum atomic E-state index is -1.07. The Kier molecular flexibility index (Phi) is 9.41. The standard InChI is InChI=1S/C35H36N6O4S/c36-32(42)28(16-21-8-2-1-3-9-21)39-34(44)29(17-22-19-38-26-12-6-4-10-24(22)26)41-35(45)30(40-33(43)27-14-15-37-27)18-23-20-46-31-13-7-5-11-25(23)31/h1-13,19-20,27-30,37-38H,14-18H2,(H2,36,42)(H,39,44)(H,40,43)(H,41,45)/t27-,28+,29-,30-/m1/s1. The van der Waals surface area contributed by atoms with Crippen molar-refractivity contribution in [2.24, 2.45) is 5.73 Å². The summed E-state index contributed by atoms with van der Waals surface area (Å²) in [6.45, 7) is 0.737. The maximum Gasteiger partial charge on any atom is 0.243 e. The summed E-state index contributed by atoms with van der Waals surface area (Å²) in [6, 6.07) is 21.5. The van der Waals surface area contributed by atoms with Gasteiger partial charge in [0.05, 0.1) is 6.04 Å². The Morgan fingerprint density at radius 2 is 1.39 bits per heavy atom. The van der Waals surface area contributed by atoms with Gasteiger partial charge in [-0.3, -0.25) is 19.2 Å². The van der Waals surface area contributed by atoms with Gasteiger partial charge in [0.25, 0.3) is 0 Å². The van der Waals surface area contributed by atoms with Crippen molar-refractivity contribution in [1.82, 2.24) is 26.3 Å². The van der Waals surface area contributed by atoms with Crippen molar-refractivity contribution in [2.75, 3.05) is 6.54 Å². The lowest BCUT2D eigenvalue weighted by Gasteiger charge is -2.29. The largest absolute Gasteiger partial charge is 0.368 e. The van der Waals surface area contributed by atoms with Crippen molar-refractivity contribution >= 4 is 56.0 Å². The number of hydrogen-bond donors (Lipinski definition) is 6. The number of hydrogen-bond acceptors (Lipinski definition) is 6. The van der Waals surface area contributed by atoms with Gasteiger partial charge in [0.15, 0.2) is 0 Å². The lowest BCUT2D eigenvalue weighted by molar-refractivity contribution is -0.134. The highest BCUT2D eigenvalue weighted by molar-refractivity contribution is 7.17. The summed E-state index contributed by atoms with van der Waals surface area (Å²) < 4.78 is 1.08. The minimum Gasteiger partial charge on any atom is -0.368 e. The van der Waals surface area contributed by atoms with Gasteiger partial charge < -0.3 is 32.0 Å². The van der Waals surface area contributed by atoms with Crippen molar-refractivity contribution in [3.05, 3.63) is 107 Å². The van der Waals surface area contributed by atoms with Crippen LogP contribution in [0.2, 0.25) is 0 Å². The third-order valence-corrected chi connectivity index (χ3v) is 9.45. The summed E-state index contributed by atoms with van der Waals surface area (Å²) in [7, 11) is 0. The first kappa shape index (κ1) is 31.0. The third-order valence-electron chi connectivity index (χ3n) is 8.43. The Bertz CT molecular complexity index is 1860. The predicted molar refractivity (Wildman–Crippen MR) is 179 cm³/mol. The molecule has 5 aromatic rings. The van der Waals surface area contributed by atoms with Crippen LogP contribution in [0.15, 0.2) is 90.4 Å². The molecular formula is C35H36N6O4S. The topological polar surface area (TPSA) is 158 Å².